The number of H-pyrrole nitrogens is 1. The zero-order valence-corrected chi connectivity index (χ0v) is 18.9. The van der Waals surface area contributed by atoms with Gasteiger partial charge in [-0.3, -0.25) is 4.79 Å². The first-order chi connectivity index (χ1) is 15.6. The van der Waals surface area contributed by atoms with Gasteiger partial charge in [0.1, 0.15) is 5.82 Å². The zero-order valence-electron chi connectivity index (χ0n) is 18.9. The van der Waals surface area contributed by atoms with Gasteiger partial charge in [0.2, 0.25) is 11.9 Å². The molecule has 0 bridgehead atoms. The van der Waals surface area contributed by atoms with Crippen LogP contribution in [0.25, 0.3) is 10.9 Å². The number of hydrogen-bond acceptors (Lipinski definition) is 6. The van der Waals surface area contributed by atoms with E-state index in [-0.39, 0.29) is 5.91 Å². The molecule has 0 spiro atoms. The number of aromatic nitrogens is 3. The van der Waals surface area contributed by atoms with E-state index < -0.39 is 0 Å². The second-order valence-electron chi connectivity index (χ2n) is 8.86. The molecule has 0 saturated carbocycles. The monoisotopic (exact) mass is 433 g/mol. The first-order valence-corrected chi connectivity index (χ1v) is 11.4. The van der Waals surface area contributed by atoms with Crippen LogP contribution in [0, 0.1) is 6.92 Å². The third kappa shape index (κ3) is 4.27. The third-order valence-electron chi connectivity index (χ3n) is 6.59. The maximum atomic E-state index is 12.9. The van der Waals surface area contributed by atoms with Gasteiger partial charge in [-0.05, 0) is 25.6 Å². The summed E-state index contributed by atoms with van der Waals surface area (Å²) < 4.78 is 0. The summed E-state index contributed by atoms with van der Waals surface area (Å²) >= 11 is 0. The molecule has 0 unspecified atom stereocenters. The molecule has 168 valence electrons. The van der Waals surface area contributed by atoms with Crippen LogP contribution in [0.3, 0.4) is 0 Å². The number of rotatable bonds is 4. The van der Waals surface area contributed by atoms with Gasteiger partial charge in [0.25, 0.3) is 0 Å². The molecule has 0 aliphatic carbocycles. The Labute approximate surface area is 188 Å². The van der Waals surface area contributed by atoms with Gasteiger partial charge in [-0.25, -0.2) is 4.98 Å². The molecule has 2 saturated heterocycles. The Kier molecular flexibility index (Phi) is 5.70. The fraction of sp³-hybridized carbons (Fsp3) is 0.458. The Balaban J connectivity index is 1.22. The maximum absolute atomic E-state index is 12.9. The lowest BCUT2D eigenvalue weighted by Crippen LogP contribution is -2.50. The number of nitrogens with one attached hydrogen (secondary N) is 1. The van der Waals surface area contributed by atoms with Gasteiger partial charge in [-0.1, -0.05) is 18.2 Å². The summed E-state index contributed by atoms with van der Waals surface area (Å²) in [6, 6.07) is 10.2. The molecular weight excluding hydrogens is 402 g/mol. The molecule has 8 nitrogen and oxygen atoms in total. The Morgan fingerprint density at radius 2 is 1.69 bits per heavy atom. The number of hydrogen-bond donors (Lipinski definition) is 1. The van der Waals surface area contributed by atoms with Gasteiger partial charge in [0.05, 0.1) is 6.42 Å². The topological polar surface area (TPSA) is 71.6 Å². The molecule has 3 aromatic rings. The second kappa shape index (κ2) is 8.78. The lowest BCUT2D eigenvalue weighted by atomic mass is 10.1. The van der Waals surface area contributed by atoms with Gasteiger partial charge in [-0.15, -0.1) is 0 Å². The number of para-hydroxylation sites is 1. The molecule has 2 aliphatic heterocycles. The molecule has 0 radical (unpaired) electrons. The number of aryl methyl sites for hydroxylation is 1. The standard InChI is InChI=1S/C24H31N7O/c1-18-15-22(29-9-7-28(2)8-10-29)27-24(26-18)31-13-11-30(12-14-31)23(32)16-19-17-25-21-6-4-3-5-20(19)21/h3-6,15,17,25H,7-14,16H2,1-2H3. The summed E-state index contributed by atoms with van der Waals surface area (Å²) in [5.41, 5.74) is 3.13. The number of carbonyl (C=O) groups excluding carboxylic acids is 1. The molecule has 2 aliphatic rings. The smallest absolute Gasteiger partial charge is 0.227 e. The van der Waals surface area contributed by atoms with E-state index in [1.165, 1.54) is 0 Å². The highest BCUT2D eigenvalue weighted by atomic mass is 16.2. The Bertz CT molecular complexity index is 1090. The van der Waals surface area contributed by atoms with Crippen molar-refractivity contribution < 1.29 is 4.79 Å². The van der Waals surface area contributed by atoms with Crippen LogP contribution in [0.15, 0.2) is 36.5 Å². The molecule has 0 atom stereocenters. The number of amides is 1. The number of nitrogens with zero attached hydrogens (tertiary/aromatic N) is 6. The van der Waals surface area contributed by atoms with Crippen LogP contribution in [0.1, 0.15) is 11.3 Å². The number of likely N-dealkylation sites (N-methyl/N-ethyl adjacent to an activating group) is 1. The first kappa shape index (κ1) is 20.8. The first-order valence-electron chi connectivity index (χ1n) is 11.4. The SMILES string of the molecule is Cc1cc(N2CCN(C)CC2)nc(N2CCN(C(=O)Cc3c[nH]c4ccccc34)CC2)n1. The maximum Gasteiger partial charge on any atom is 0.227 e. The Hall–Kier alpha value is -3.13. The molecule has 5 rings (SSSR count). The van der Waals surface area contributed by atoms with E-state index >= 15 is 0 Å². The quantitative estimate of drug-likeness (QED) is 0.678. The van der Waals surface area contributed by atoms with Crippen LogP contribution in [0.5, 0.6) is 0 Å². The number of fused-ring (bicyclic) bond motifs is 1. The summed E-state index contributed by atoms with van der Waals surface area (Å²) in [6.07, 6.45) is 2.39. The van der Waals surface area contributed by atoms with Gasteiger partial charge in [-0.2, -0.15) is 4.98 Å². The summed E-state index contributed by atoms with van der Waals surface area (Å²) in [4.78, 5) is 34.7. The molecule has 2 fully saturated rings. The molecular formula is C24H31N7O. The fourth-order valence-corrected chi connectivity index (χ4v) is 4.58. The second-order valence-corrected chi connectivity index (χ2v) is 8.86. The minimum absolute atomic E-state index is 0.178. The van der Waals surface area contributed by atoms with Crippen LogP contribution >= 0.6 is 0 Å². The molecule has 32 heavy (non-hydrogen) atoms. The van der Waals surface area contributed by atoms with Crippen molar-refractivity contribution in [3.63, 3.8) is 0 Å². The number of aromatic amines is 1. The minimum atomic E-state index is 0.178. The van der Waals surface area contributed by atoms with E-state index in [4.69, 9.17) is 9.97 Å². The predicted octanol–water partition coefficient (Wildman–Crippen LogP) is 1.91. The molecule has 1 amide bonds. The van der Waals surface area contributed by atoms with Crippen molar-refractivity contribution in [1.29, 1.82) is 0 Å². The summed E-state index contributed by atoms with van der Waals surface area (Å²) in [5.74, 6) is 1.97. The minimum Gasteiger partial charge on any atom is -0.361 e. The Morgan fingerprint density at radius 3 is 2.47 bits per heavy atom. The van der Waals surface area contributed by atoms with Crippen molar-refractivity contribution in [2.75, 3.05) is 69.2 Å². The average Bonchev–Trinajstić information content (AvgIpc) is 3.22. The molecule has 8 heteroatoms. The van der Waals surface area contributed by atoms with Crippen molar-refractivity contribution in [3.8, 4) is 0 Å². The van der Waals surface area contributed by atoms with Crippen LogP contribution in [0.2, 0.25) is 0 Å². The highest BCUT2D eigenvalue weighted by molar-refractivity contribution is 5.89. The van der Waals surface area contributed by atoms with Crippen molar-refractivity contribution >= 4 is 28.6 Å². The van der Waals surface area contributed by atoms with E-state index in [1.807, 2.05) is 36.2 Å². The van der Waals surface area contributed by atoms with E-state index in [0.29, 0.717) is 19.5 Å². The van der Waals surface area contributed by atoms with Crippen LogP contribution in [0.4, 0.5) is 11.8 Å². The largest absolute Gasteiger partial charge is 0.361 e. The lowest BCUT2D eigenvalue weighted by molar-refractivity contribution is -0.130. The molecule has 1 aromatic carbocycles. The lowest BCUT2D eigenvalue weighted by Gasteiger charge is -2.36. The molecule has 1 N–H and O–H groups in total. The summed E-state index contributed by atoms with van der Waals surface area (Å²) in [6.45, 7) is 9.02. The van der Waals surface area contributed by atoms with E-state index in [2.05, 4.69) is 38.9 Å². The van der Waals surface area contributed by atoms with Crippen molar-refractivity contribution in [2.24, 2.45) is 0 Å². The zero-order chi connectivity index (χ0) is 22.1. The number of piperazine rings is 2. The number of carbonyl (C=O) groups is 1. The van der Waals surface area contributed by atoms with E-state index in [9.17, 15) is 4.79 Å². The molecule has 4 heterocycles. The predicted molar refractivity (Wildman–Crippen MR) is 127 cm³/mol. The van der Waals surface area contributed by atoms with Crippen LogP contribution < -0.4 is 9.80 Å². The van der Waals surface area contributed by atoms with Crippen molar-refractivity contribution in [2.45, 2.75) is 13.3 Å². The van der Waals surface area contributed by atoms with E-state index in [1.54, 1.807) is 0 Å². The normalized spacial score (nSPS) is 17.9. The Morgan fingerprint density at radius 1 is 0.969 bits per heavy atom. The van der Waals surface area contributed by atoms with Gasteiger partial charge >= 0.3 is 0 Å². The fourth-order valence-electron chi connectivity index (χ4n) is 4.58. The number of benzene rings is 1. The highest BCUT2D eigenvalue weighted by Gasteiger charge is 2.24. The van der Waals surface area contributed by atoms with Gasteiger partial charge < -0.3 is 24.6 Å². The number of anilines is 2. The highest BCUT2D eigenvalue weighted by Crippen LogP contribution is 2.21. The van der Waals surface area contributed by atoms with Crippen molar-refractivity contribution in [3.05, 3.63) is 47.8 Å². The molecule has 2 aromatic heterocycles. The van der Waals surface area contributed by atoms with Crippen LogP contribution in [-0.4, -0.2) is 90.1 Å². The summed E-state index contributed by atoms with van der Waals surface area (Å²) in [7, 11) is 2.16. The average molecular weight is 434 g/mol. The van der Waals surface area contributed by atoms with Gasteiger partial charge in [0, 0.05) is 81.2 Å². The van der Waals surface area contributed by atoms with E-state index in [0.717, 1.165) is 73.2 Å². The van der Waals surface area contributed by atoms with Gasteiger partial charge in [0.15, 0.2) is 0 Å². The summed E-state index contributed by atoms with van der Waals surface area (Å²) in [5, 5.41) is 1.13. The van der Waals surface area contributed by atoms with Crippen LogP contribution in [-0.2, 0) is 11.2 Å². The third-order valence-corrected chi connectivity index (χ3v) is 6.59. The van der Waals surface area contributed by atoms with Crippen molar-refractivity contribution in [1.82, 2.24) is 24.8 Å².